The lowest BCUT2D eigenvalue weighted by molar-refractivity contribution is -0.339. The molecule has 14 heteroatoms. The molecule has 0 aromatic heterocycles. The van der Waals surface area contributed by atoms with Crippen molar-refractivity contribution < 1.29 is 69.6 Å². The molecule has 0 bridgehead atoms. The number of aliphatic hydroxyl groups excluding tert-OH is 8. The first-order valence-corrected chi connectivity index (χ1v) is 20.9. The number of ether oxygens (including phenoxy) is 5. The summed E-state index contributed by atoms with van der Waals surface area (Å²) in [5.74, 6) is -0.215. The summed E-state index contributed by atoms with van der Waals surface area (Å²) in [7, 11) is 0. The zero-order chi connectivity index (χ0) is 40.1. The Morgan fingerprint density at radius 3 is 2.05 bits per heavy atom. The van der Waals surface area contributed by atoms with Gasteiger partial charge in [-0.05, 0) is 117 Å². The molecule has 14 nitrogen and oxygen atoms in total. The third kappa shape index (κ3) is 5.70. The first-order chi connectivity index (χ1) is 25.5. The SMILES string of the molecule is CC(C)(O)[C@H]1CC[C@@](C)(C2[C@H](O)C[C@]3(C)[C@H]4C[C@@H](O[C@H]5O[C@@H](CO)[C@H](O)[C@@H](O)[C@@H]5O)[C@@H]5C(C)(C)[C@H](O[C@H]6OC[C@H](O)[C@@H](O)[C@@H]6O)CC[C@]56C[C@]46CC[C@@]23C)O1. The lowest BCUT2D eigenvalue weighted by Gasteiger charge is -2.65. The van der Waals surface area contributed by atoms with Crippen molar-refractivity contribution in [1.29, 1.82) is 0 Å². The Balaban J connectivity index is 1.15. The molecule has 9 N–H and O–H groups in total. The van der Waals surface area contributed by atoms with E-state index in [2.05, 4.69) is 34.6 Å². The van der Waals surface area contributed by atoms with Crippen molar-refractivity contribution in [3.8, 4) is 0 Å². The van der Waals surface area contributed by atoms with Crippen LogP contribution in [0, 0.1) is 44.8 Å². The topological polar surface area (TPSA) is 228 Å². The van der Waals surface area contributed by atoms with E-state index in [4.69, 9.17) is 23.7 Å². The maximum absolute atomic E-state index is 12.2. The minimum absolute atomic E-state index is 0.0633. The van der Waals surface area contributed by atoms with Crippen LogP contribution >= 0.6 is 0 Å². The molecule has 0 aromatic rings. The summed E-state index contributed by atoms with van der Waals surface area (Å²) in [4.78, 5) is 0. The molecular weight excluding hydrogens is 716 g/mol. The van der Waals surface area contributed by atoms with E-state index in [0.717, 1.165) is 32.1 Å². The van der Waals surface area contributed by atoms with Crippen LogP contribution in [0.4, 0.5) is 0 Å². The van der Waals surface area contributed by atoms with Crippen LogP contribution in [-0.4, -0.2) is 150 Å². The fourth-order valence-electron chi connectivity index (χ4n) is 14.9. The molecule has 5 aliphatic carbocycles. The Morgan fingerprint density at radius 1 is 0.709 bits per heavy atom. The molecule has 8 aliphatic rings. The molecule has 3 aliphatic heterocycles. The number of hydrogen-bond donors (Lipinski definition) is 9. The van der Waals surface area contributed by atoms with E-state index in [1.54, 1.807) is 13.8 Å². The molecule has 21 atom stereocenters. The molecule has 8 rings (SSSR count). The third-order valence-corrected chi connectivity index (χ3v) is 17.6. The van der Waals surface area contributed by atoms with Crippen molar-refractivity contribution in [3.63, 3.8) is 0 Å². The van der Waals surface area contributed by atoms with Gasteiger partial charge in [0.05, 0.1) is 48.8 Å². The first kappa shape index (κ1) is 41.2. The highest BCUT2D eigenvalue weighted by Gasteiger charge is 2.85. The lowest BCUT2D eigenvalue weighted by atomic mass is 9.41. The van der Waals surface area contributed by atoms with Gasteiger partial charge in [0.15, 0.2) is 12.6 Å². The van der Waals surface area contributed by atoms with Gasteiger partial charge in [-0.25, -0.2) is 0 Å². The van der Waals surface area contributed by atoms with Crippen LogP contribution in [0.1, 0.15) is 106 Å². The van der Waals surface area contributed by atoms with Gasteiger partial charge in [-0.15, -0.1) is 0 Å². The molecule has 5 saturated carbocycles. The van der Waals surface area contributed by atoms with Crippen molar-refractivity contribution in [1.82, 2.24) is 0 Å². The Morgan fingerprint density at radius 2 is 1.40 bits per heavy atom. The number of fused-ring (bicyclic) bond motifs is 2. The second-order valence-electron chi connectivity index (χ2n) is 21.1. The van der Waals surface area contributed by atoms with E-state index >= 15 is 0 Å². The van der Waals surface area contributed by atoms with Crippen LogP contribution < -0.4 is 0 Å². The quantitative estimate of drug-likeness (QED) is 0.162. The molecule has 55 heavy (non-hydrogen) atoms. The average Bonchev–Trinajstić information content (AvgIpc) is 3.47. The van der Waals surface area contributed by atoms with E-state index in [-0.39, 0.29) is 52.1 Å². The van der Waals surface area contributed by atoms with Gasteiger partial charge in [-0.3, -0.25) is 0 Å². The van der Waals surface area contributed by atoms with Gasteiger partial charge in [0.2, 0.25) is 0 Å². The monoisotopic (exact) mass is 784 g/mol. The Kier molecular flexibility index (Phi) is 9.90. The number of aliphatic hydroxyl groups is 9. The van der Waals surface area contributed by atoms with Gasteiger partial charge in [-0.2, -0.15) is 0 Å². The summed E-state index contributed by atoms with van der Waals surface area (Å²) >= 11 is 0. The second-order valence-corrected chi connectivity index (χ2v) is 21.1. The zero-order valence-electron chi connectivity index (χ0n) is 33.6. The predicted octanol–water partition coefficient (Wildman–Crippen LogP) is 0.724. The normalized spacial score (nSPS) is 58.7. The molecule has 3 heterocycles. The third-order valence-electron chi connectivity index (χ3n) is 17.6. The van der Waals surface area contributed by atoms with Crippen LogP contribution in [-0.2, 0) is 23.7 Å². The van der Waals surface area contributed by atoms with Gasteiger partial charge >= 0.3 is 0 Å². The summed E-state index contributed by atoms with van der Waals surface area (Å²) in [6.07, 6.45) is -7.48. The molecule has 0 radical (unpaired) electrons. The molecule has 0 aromatic carbocycles. The average molecular weight is 785 g/mol. The highest BCUT2D eigenvalue weighted by atomic mass is 16.7. The van der Waals surface area contributed by atoms with E-state index in [1.807, 2.05) is 0 Å². The Bertz CT molecular complexity index is 1460. The smallest absolute Gasteiger partial charge is 0.186 e. The summed E-state index contributed by atoms with van der Waals surface area (Å²) in [6.45, 7) is 13.8. The summed E-state index contributed by atoms with van der Waals surface area (Å²) in [6, 6.07) is 0. The Hall–Kier alpha value is -0.560. The molecule has 0 amide bonds. The fraction of sp³-hybridized carbons (Fsp3) is 1.00. The van der Waals surface area contributed by atoms with E-state index in [1.165, 1.54) is 0 Å². The molecule has 3 saturated heterocycles. The fourth-order valence-corrected chi connectivity index (χ4v) is 14.9. The molecular formula is C41H68O14. The van der Waals surface area contributed by atoms with Crippen molar-refractivity contribution in [2.45, 2.75) is 197 Å². The summed E-state index contributed by atoms with van der Waals surface area (Å²) in [5, 5.41) is 97.2. The van der Waals surface area contributed by atoms with Gasteiger partial charge in [0.1, 0.15) is 42.7 Å². The minimum Gasteiger partial charge on any atom is -0.394 e. The maximum atomic E-state index is 12.2. The first-order valence-electron chi connectivity index (χ1n) is 20.9. The molecule has 316 valence electrons. The lowest BCUT2D eigenvalue weighted by Crippen LogP contribution is -2.65. The van der Waals surface area contributed by atoms with Crippen molar-refractivity contribution >= 4 is 0 Å². The van der Waals surface area contributed by atoms with Crippen molar-refractivity contribution in [2.24, 2.45) is 44.8 Å². The van der Waals surface area contributed by atoms with Gasteiger partial charge in [0, 0.05) is 5.92 Å². The van der Waals surface area contributed by atoms with Crippen molar-refractivity contribution in [2.75, 3.05) is 13.2 Å². The molecule has 8 fully saturated rings. The van der Waals surface area contributed by atoms with Crippen LogP contribution in [0.25, 0.3) is 0 Å². The number of rotatable bonds is 7. The molecule has 1 unspecified atom stereocenters. The van der Waals surface area contributed by atoms with Gasteiger partial charge in [0.25, 0.3) is 0 Å². The van der Waals surface area contributed by atoms with E-state index < -0.39 is 96.8 Å². The highest BCUT2D eigenvalue weighted by molar-refractivity contribution is 5.33. The predicted molar refractivity (Wildman–Crippen MR) is 194 cm³/mol. The maximum Gasteiger partial charge on any atom is 0.186 e. The van der Waals surface area contributed by atoms with Gasteiger partial charge < -0.3 is 69.6 Å². The van der Waals surface area contributed by atoms with E-state index in [0.29, 0.717) is 25.7 Å². The van der Waals surface area contributed by atoms with Crippen LogP contribution in [0.3, 0.4) is 0 Å². The standard InChI is InChI=1S/C41H68O14/c1-35(2)24(54-33-29(48)26(45)20(44)17-51-33)9-11-41-18-40(41)13-12-37(5)31(39(7)10-8-25(55-39)36(3,4)50)19(43)15-38(37,6)23(40)14-21(32(35)41)52-34-30(49)28(47)27(46)22(16-42)53-34/h19-34,42-50H,8-18H2,1-7H3/t19-,20+,21-,22+,23-,24-,25-,26-,27+,28-,29+,30+,31?,32-,33-,34+,37+,38-,39+,40-,41+/m1/s1. The largest absolute Gasteiger partial charge is 0.394 e. The number of hydrogen-bond acceptors (Lipinski definition) is 14. The van der Waals surface area contributed by atoms with Crippen LogP contribution in [0.5, 0.6) is 0 Å². The van der Waals surface area contributed by atoms with Crippen molar-refractivity contribution in [3.05, 3.63) is 0 Å². The van der Waals surface area contributed by atoms with Crippen LogP contribution in [0.15, 0.2) is 0 Å². The highest BCUT2D eigenvalue weighted by Crippen LogP contribution is 2.89. The zero-order valence-corrected chi connectivity index (χ0v) is 33.6. The van der Waals surface area contributed by atoms with Crippen LogP contribution in [0.2, 0.25) is 0 Å². The van der Waals surface area contributed by atoms with E-state index in [9.17, 15) is 46.0 Å². The minimum atomic E-state index is -1.60. The summed E-state index contributed by atoms with van der Waals surface area (Å²) in [5.41, 5.74) is -3.16. The summed E-state index contributed by atoms with van der Waals surface area (Å²) < 4.78 is 31.9. The second kappa shape index (κ2) is 13.2. The van der Waals surface area contributed by atoms with Gasteiger partial charge in [-0.1, -0.05) is 27.7 Å². The molecule has 2 spiro atoms. The Labute approximate surface area is 324 Å².